The highest BCUT2D eigenvalue weighted by atomic mass is 79.9. The average molecular weight is 341 g/mol. The van der Waals surface area contributed by atoms with E-state index in [1.54, 1.807) is 0 Å². The summed E-state index contributed by atoms with van der Waals surface area (Å²) in [4.78, 5) is 13.0. The minimum absolute atomic E-state index is 0.0485. The van der Waals surface area contributed by atoms with E-state index in [4.69, 9.17) is 10.5 Å². The fourth-order valence-electron chi connectivity index (χ4n) is 1.58. The minimum Gasteiger partial charge on any atom is -0.494 e. The van der Waals surface area contributed by atoms with Crippen molar-refractivity contribution in [2.45, 2.75) is 6.18 Å². The Balaban J connectivity index is 3.76. The normalized spacial score (nSPS) is 11.3. The van der Waals surface area contributed by atoms with E-state index in [0.717, 1.165) is 18.1 Å². The van der Waals surface area contributed by atoms with Crippen LogP contribution in [-0.2, 0) is 6.18 Å². The number of nitrogens with two attached hydrogens (primary N) is 1. The summed E-state index contributed by atoms with van der Waals surface area (Å²) in [6, 6.07) is 1.06. The van der Waals surface area contributed by atoms with Gasteiger partial charge in [0.05, 0.1) is 23.9 Å². The van der Waals surface area contributed by atoms with Gasteiger partial charge in [0.25, 0.3) is 5.91 Å². The maximum absolute atomic E-state index is 13.1. The van der Waals surface area contributed by atoms with Crippen molar-refractivity contribution in [3.05, 3.63) is 21.7 Å². The molecule has 1 rings (SSSR count). The number of amides is 1. The standard InChI is InChI=1S/C11H12BrF3N2O2/c1-17(2)10(18)7-8(11(13,14)15)5(12)4-6(16)9(7)19-3/h4H,16H2,1-3H3. The number of hydrogen-bond acceptors (Lipinski definition) is 3. The number of carbonyl (C=O) groups excluding carboxylic acids is 1. The molecule has 0 fully saturated rings. The predicted octanol–water partition coefficient (Wildman–Crippen LogP) is 2.76. The number of nitrogen functional groups attached to an aromatic ring is 1. The second-order valence-corrected chi connectivity index (χ2v) is 4.78. The molecule has 0 spiro atoms. The molecule has 1 amide bonds. The van der Waals surface area contributed by atoms with E-state index in [1.165, 1.54) is 14.1 Å². The van der Waals surface area contributed by atoms with Crippen molar-refractivity contribution in [3.8, 4) is 5.75 Å². The number of methoxy groups -OCH3 is 1. The van der Waals surface area contributed by atoms with Gasteiger partial charge in [-0.2, -0.15) is 13.2 Å². The fourth-order valence-corrected chi connectivity index (χ4v) is 2.25. The number of hydrogen-bond donors (Lipinski definition) is 1. The van der Waals surface area contributed by atoms with E-state index in [1.807, 2.05) is 0 Å². The summed E-state index contributed by atoms with van der Waals surface area (Å²) in [6.07, 6.45) is -4.71. The Kier molecular flexibility index (Phi) is 4.34. The molecule has 0 radical (unpaired) electrons. The summed E-state index contributed by atoms with van der Waals surface area (Å²) in [6.45, 7) is 0. The number of ether oxygens (including phenoxy) is 1. The molecule has 4 nitrogen and oxygen atoms in total. The number of halogens is 4. The summed E-state index contributed by atoms with van der Waals surface area (Å²) < 4.78 is 43.8. The lowest BCUT2D eigenvalue weighted by Gasteiger charge is -2.21. The van der Waals surface area contributed by atoms with Gasteiger partial charge in [-0.15, -0.1) is 0 Å². The molecule has 0 aromatic heterocycles. The monoisotopic (exact) mass is 340 g/mol. The molecule has 0 saturated carbocycles. The molecule has 0 aliphatic heterocycles. The van der Waals surface area contributed by atoms with Gasteiger partial charge >= 0.3 is 6.18 Å². The van der Waals surface area contributed by atoms with Crippen LogP contribution in [0.2, 0.25) is 0 Å². The largest absolute Gasteiger partial charge is 0.494 e. The first kappa shape index (κ1) is 15.6. The van der Waals surface area contributed by atoms with Crippen LogP contribution >= 0.6 is 15.9 Å². The minimum atomic E-state index is -4.71. The van der Waals surface area contributed by atoms with E-state index in [0.29, 0.717) is 0 Å². The van der Waals surface area contributed by atoms with Gasteiger partial charge < -0.3 is 15.4 Å². The van der Waals surface area contributed by atoms with Crippen molar-refractivity contribution in [2.75, 3.05) is 26.9 Å². The first-order valence-electron chi connectivity index (χ1n) is 5.06. The Bertz CT molecular complexity index is 516. The Morgan fingerprint density at radius 1 is 1.42 bits per heavy atom. The SMILES string of the molecule is COc1c(N)cc(Br)c(C(F)(F)F)c1C(=O)N(C)C. The van der Waals surface area contributed by atoms with Crippen LogP contribution in [0.3, 0.4) is 0 Å². The first-order chi connectivity index (χ1) is 8.61. The number of anilines is 1. The summed E-state index contributed by atoms with van der Waals surface area (Å²) in [7, 11) is 3.85. The second kappa shape index (κ2) is 5.28. The molecular formula is C11H12BrF3N2O2. The van der Waals surface area contributed by atoms with Gasteiger partial charge in [0.1, 0.15) is 0 Å². The molecule has 106 valence electrons. The molecule has 0 bridgehead atoms. The van der Waals surface area contributed by atoms with Gasteiger partial charge in [0.15, 0.2) is 5.75 Å². The van der Waals surface area contributed by atoms with Crippen LogP contribution in [0, 0.1) is 0 Å². The number of alkyl halides is 3. The molecule has 0 atom stereocenters. The lowest BCUT2D eigenvalue weighted by atomic mass is 10.0. The third-order valence-electron chi connectivity index (χ3n) is 2.37. The maximum Gasteiger partial charge on any atom is 0.418 e. The summed E-state index contributed by atoms with van der Waals surface area (Å²) >= 11 is 2.79. The summed E-state index contributed by atoms with van der Waals surface area (Å²) in [5.41, 5.74) is 3.84. The van der Waals surface area contributed by atoms with Crippen molar-refractivity contribution >= 4 is 27.5 Å². The van der Waals surface area contributed by atoms with Crippen molar-refractivity contribution in [2.24, 2.45) is 0 Å². The van der Waals surface area contributed by atoms with Gasteiger partial charge in [0, 0.05) is 18.6 Å². The molecule has 1 aromatic carbocycles. The van der Waals surface area contributed by atoms with Gasteiger partial charge in [-0.3, -0.25) is 4.79 Å². The zero-order valence-electron chi connectivity index (χ0n) is 10.4. The smallest absolute Gasteiger partial charge is 0.418 e. The average Bonchev–Trinajstić information content (AvgIpc) is 2.24. The lowest BCUT2D eigenvalue weighted by Crippen LogP contribution is -2.26. The Morgan fingerprint density at radius 3 is 2.32 bits per heavy atom. The van der Waals surface area contributed by atoms with Crippen LogP contribution < -0.4 is 10.5 Å². The number of rotatable bonds is 2. The van der Waals surface area contributed by atoms with Gasteiger partial charge in [-0.25, -0.2) is 0 Å². The molecule has 2 N–H and O–H groups in total. The van der Waals surface area contributed by atoms with E-state index in [2.05, 4.69) is 15.9 Å². The Morgan fingerprint density at radius 2 is 1.95 bits per heavy atom. The third-order valence-corrected chi connectivity index (χ3v) is 2.99. The van der Waals surface area contributed by atoms with E-state index >= 15 is 0 Å². The summed E-state index contributed by atoms with van der Waals surface area (Å²) in [5.74, 6) is -1.12. The maximum atomic E-state index is 13.1. The molecule has 8 heteroatoms. The number of benzene rings is 1. The van der Waals surface area contributed by atoms with E-state index < -0.39 is 23.2 Å². The van der Waals surface area contributed by atoms with Crippen molar-refractivity contribution in [3.63, 3.8) is 0 Å². The predicted molar refractivity (Wildman–Crippen MR) is 68.1 cm³/mol. The molecule has 0 unspecified atom stereocenters. The molecule has 0 aliphatic carbocycles. The quantitative estimate of drug-likeness (QED) is 0.842. The lowest BCUT2D eigenvalue weighted by molar-refractivity contribution is -0.138. The highest BCUT2D eigenvalue weighted by molar-refractivity contribution is 9.10. The van der Waals surface area contributed by atoms with E-state index in [9.17, 15) is 18.0 Å². The highest BCUT2D eigenvalue weighted by Gasteiger charge is 2.40. The molecule has 0 saturated heterocycles. The Hall–Kier alpha value is -1.44. The first-order valence-corrected chi connectivity index (χ1v) is 5.85. The second-order valence-electron chi connectivity index (χ2n) is 3.93. The van der Waals surface area contributed by atoms with Crippen molar-refractivity contribution < 1.29 is 22.7 Å². The van der Waals surface area contributed by atoms with Crippen LogP contribution in [0.1, 0.15) is 15.9 Å². The van der Waals surface area contributed by atoms with Crippen molar-refractivity contribution in [1.82, 2.24) is 4.90 Å². The van der Waals surface area contributed by atoms with Gasteiger partial charge in [-0.05, 0) is 6.07 Å². The summed E-state index contributed by atoms with van der Waals surface area (Å²) in [5, 5.41) is 0. The Labute approximate surface area is 116 Å². The topological polar surface area (TPSA) is 55.6 Å². The molecule has 19 heavy (non-hydrogen) atoms. The van der Waals surface area contributed by atoms with Crippen LogP contribution in [-0.4, -0.2) is 32.0 Å². The zero-order chi connectivity index (χ0) is 15.0. The zero-order valence-corrected chi connectivity index (χ0v) is 12.0. The van der Waals surface area contributed by atoms with E-state index in [-0.39, 0.29) is 15.9 Å². The molecular weight excluding hydrogens is 329 g/mol. The highest BCUT2D eigenvalue weighted by Crippen LogP contribution is 2.44. The van der Waals surface area contributed by atoms with Crippen LogP contribution in [0.15, 0.2) is 10.5 Å². The molecule has 0 aliphatic rings. The third kappa shape index (κ3) is 2.94. The molecule has 0 heterocycles. The molecule has 1 aromatic rings. The number of carbonyl (C=O) groups is 1. The van der Waals surface area contributed by atoms with Crippen molar-refractivity contribution in [1.29, 1.82) is 0 Å². The fraction of sp³-hybridized carbons (Fsp3) is 0.364. The number of nitrogens with zero attached hydrogens (tertiary/aromatic N) is 1. The van der Waals surface area contributed by atoms with Crippen LogP contribution in [0.25, 0.3) is 0 Å². The van der Waals surface area contributed by atoms with Gasteiger partial charge in [0.2, 0.25) is 0 Å². The van der Waals surface area contributed by atoms with Crippen LogP contribution in [0.5, 0.6) is 5.75 Å². The van der Waals surface area contributed by atoms with Gasteiger partial charge in [-0.1, -0.05) is 15.9 Å². The van der Waals surface area contributed by atoms with Crippen LogP contribution in [0.4, 0.5) is 18.9 Å².